The van der Waals surface area contributed by atoms with E-state index in [0.29, 0.717) is 0 Å². The molecule has 18 heteroatoms. The Hall–Kier alpha value is -1.18. The molecule has 0 bridgehead atoms. The zero-order chi connectivity index (χ0) is 19.1. The number of carboxylic acids is 2. The van der Waals surface area contributed by atoms with Gasteiger partial charge in [-0.3, -0.25) is 9.00 Å². The van der Waals surface area contributed by atoms with Crippen LogP contribution in [0.3, 0.4) is 0 Å². The number of hydrogen-bond donors (Lipinski definition) is 9. The minimum absolute atomic E-state index is 0. The fourth-order valence-electron chi connectivity index (χ4n) is 0.253. The smallest absolute Gasteiger partial charge is 0.784 e. The van der Waals surface area contributed by atoms with E-state index in [-0.39, 0.29) is 17.1 Å². The fraction of sp³-hybridized carbons (Fsp3) is 0.400. The van der Waals surface area contributed by atoms with Gasteiger partial charge in [-0.1, -0.05) is 0 Å². The van der Waals surface area contributed by atoms with Crippen LogP contribution in [0.5, 0.6) is 0 Å². The van der Waals surface area contributed by atoms with Crippen molar-refractivity contribution in [1.29, 1.82) is 0 Å². The van der Waals surface area contributed by atoms with Gasteiger partial charge in [-0.25, -0.2) is 9.59 Å². The topological polar surface area (TPSA) is 296 Å². The van der Waals surface area contributed by atoms with Crippen molar-refractivity contribution in [2.75, 3.05) is 0 Å². The molecule has 0 spiro atoms. The number of aliphatic hydroxyl groups excluding tert-OH is 1. The Bertz CT molecular complexity index is 328. The van der Waals surface area contributed by atoms with Gasteiger partial charge in [0.2, 0.25) is 0 Å². The molecule has 0 fully saturated rings. The quantitative estimate of drug-likeness (QED) is 0.151. The average Bonchev–Trinajstić information content (AvgIpc) is 2.10. The molecule has 0 amide bonds. The molecule has 0 saturated carbocycles. The van der Waals surface area contributed by atoms with E-state index in [2.05, 4.69) is 0 Å². The van der Waals surface area contributed by atoms with E-state index >= 15 is 0 Å². The SMILES string of the molecule is O=C(O)CC(O)C(=O)O.O=C(O)O.O=S([O-])[O-].O[Si](O)(O)O.[Fe+2]. The third-order valence-corrected chi connectivity index (χ3v) is 0.653. The summed E-state index contributed by atoms with van der Waals surface area (Å²) in [4.78, 5) is 57.3. The standard InChI is InChI=1S/C4H6O5.CH2O3.Fe.H4O4Si.H2O3S/c5-2(4(8)9)1-3(6)7;2-1(3)4;;1-5(2,3)4;1-4(2)3/h2,5H,1H2,(H,6,7)(H,8,9);(H2,2,3,4);;1-4H;(H2,1,2,3)/q;;+2;;/p-2. The Kier molecular flexibility index (Phi) is 27.4. The van der Waals surface area contributed by atoms with Gasteiger partial charge in [-0.15, -0.1) is 11.4 Å². The van der Waals surface area contributed by atoms with Crippen LogP contribution in [-0.2, 0) is 38.0 Å². The van der Waals surface area contributed by atoms with Crippen LogP contribution in [0, 0.1) is 0 Å². The molecule has 0 rings (SSSR count). The molecule has 15 nitrogen and oxygen atoms in total. The van der Waals surface area contributed by atoms with Gasteiger partial charge in [-0.2, -0.15) is 0 Å². The Morgan fingerprint density at radius 1 is 0.957 bits per heavy atom. The molecular formula is C5H12FeO15SSi. The summed E-state index contributed by atoms with van der Waals surface area (Å²) in [6, 6.07) is 0. The third-order valence-electron chi connectivity index (χ3n) is 0.653. The second kappa shape index (κ2) is 18.9. The maximum Gasteiger partial charge on any atom is 2.00 e. The Labute approximate surface area is 141 Å². The largest absolute Gasteiger partial charge is 2.00 e. The molecule has 0 aliphatic carbocycles. The monoisotopic (exact) mass is 428 g/mol. The van der Waals surface area contributed by atoms with Gasteiger partial charge in [0.1, 0.15) is 0 Å². The average molecular weight is 428 g/mol. The van der Waals surface area contributed by atoms with Gasteiger partial charge in [-0.05, 0) is 0 Å². The predicted octanol–water partition coefficient (Wildman–Crippen LogP) is -4.49. The molecule has 0 aliphatic heterocycles. The van der Waals surface area contributed by atoms with Crippen LogP contribution in [0.2, 0.25) is 0 Å². The molecule has 1 unspecified atom stereocenters. The number of hydrogen-bond acceptors (Lipinski definition) is 11. The molecule has 1 atom stereocenters. The minimum Gasteiger partial charge on any atom is -0.784 e. The van der Waals surface area contributed by atoms with Crippen LogP contribution in [0.25, 0.3) is 0 Å². The van der Waals surface area contributed by atoms with Crippen LogP contribution in [0.4, 0.5) is 4.79 Å². The van der Waals surface area contributed by atoms with Gasteiger partial charge in [0.05, 0.1) is 6.42 Å². The summed E-state index contributed by atoms with van der Waals surface area (Å²) in [5.41, 5.74) is 0. The van der Waals surface area contributed by atoms with Crippen molar-refractivity contribution < 1.29 is 89.5 Å². The molecule has 23 heavy (non-hydrogen) atoms. The molecular weight excluding hydrogens is 416 g/mol. The van der Waals surface area contributed by atoms with E-state index in [1.807, 2.05) is 0 Å². The zero-order valence-electron chi connectivity index (χ0n) is 10.5. The minimum atomic E-state index is -4.61. The maximum atomic E-state index is 9.72. The predicted molar refractivity (Wildman–Crippen MR) is 60.9 cm³/mol. The summed E-state index contributed by atoms with van der Waals surface area (Å²) >= 11 is -3.11. The first-order valence-electron chi connectivity index (χ1n) is 4.21. The van der Waals surface area contributed by atoms with Crippen molar-refractivity contribution in [2.45, 2.75) is 12.5 Å². The van der Waals surface area contributed by atoms with E-state index < -0.39 is 51.0 Å². The fourth-order valence-corrected chi connectivity index (χ4v) is 0.253. The van der Waals surface area contributed by atoms with E-state index in [4.69, 9.17) is 62.8 Å². The van der Waals surface area contributed by atoms with E-state index in [0.717, 1.165) is 0 Å². The molecule has 0 saturated heterocycles. The van der Waals surface area contributed by atoms with Crippen molar-refractivity contribution in [1.82, 2.24) is 0 Å². The summed E-state index contributed by atoms with van der Waals surface area (Å²) in [7, 11) is -4.61. The zero-order valence-corrected chi connectivity index (χ0v) is 13.4. The van der Waals surface area contributed by atoms with Crippen LogP contribution >= 0.6 is 0 Å². The molecule has 0 aromatic carbocycles. The second-order valence-corrected chi connectivity index (χ2v) is 4.15. The number of aliphatic hydroxyl groups is 1. The molecule has 0 heterocycles. The van der Waals surface area contributed by atoms with Crippen LogP contribution in [0.15, 0.2) is 0 Å². The normalized spacial score (nSPS) is 10.1. The molecule has 0 aliphatic rings. The van der Waals surface area contributed by atoms with Crippen LogP contribution < -0.4 is 0 Å². The summed E-state index contributed by atoms with van der Waals surface area (Å²) in [6.07, 6.45) is -4.38. The van der Waals surface area contributed by atoms with Gasteiger partial charge in [0.25, 0.3) is 0 Å². The van der Waals surface area contributed by atoms with Gasteiger partial charge < -0.3 is 53.8 Å². The van der Waals surface area contributed by atoms with E-state index in [1.165, 1.54) is 0 Å². The van der Waals surface area contributed by atoms with Crippen molar-refractivity contribution in [2.24, 2.45) is 0 Å². The van der Waals surface area contributed by atoms with Crippen LogP contribution in [-0.4, -0.2) is 91.3 Å². The third kappa shape index (κ3) is 159. The molecule has 0 radical (unpaired) electrons. The van der Waals surface area contributed by atoms with E-state index in [1.54, 1.807) is 0 Å². The molecule has 0 aromatic rings. The van der Waals surface area contributed by atoms with Crippen LogP contribution in [0.1, 0.15) is 6.42 Å². The Morgan fingerprint density at radius 2 is 1.13 bits per heavy atom. The number of aliphatic carboxylic acids is 2. The summed E-state index contributed by atoms with van der Waals surface area (Å²) < 4.78 is 25.3. The van der Waals surface area contributed by atoms with Gasteiger partial charge in [0.15, 0.2) is 6.10 Å². The van der Waals surface area contributed by atoms with Crippen molar-refractivity contribution in [3.63, 3.8) is 0 Å². The summed E-state index contributed by atoms with van der Waals surface area (Å²) in [5.74, 6) is -2.85. The number of carboxylic acid groups (broad SMARTS) is 4. The molecule has 0 aromatic heterocycles. The molecule has 140 valence electrons. The second-order valence-electron chi connectivity index (χ2n) is 2.54. The summed E-state index contributed by atoms with van der Waals surface area (Å²) in [6.45, 7) is 0. The summed E-state index contributed by atoms with van der Waals surface area (Å²) in [5, 5.41) is 38.1. The first-order chi connectivity index (χ1) is 9.50. The van der Waals surface area contributed by atoms with Crippen molar-refractivity contribution in [3.8, 4) is 0 Å². The van der Waals surface area contributed by atoms with Gasteiger partial charge in [0, 0.05) is 0 Å². The number of rotatable bonds is 3. The Morgan fingerprint density at radius 3 is 1.17 bits per heavy atom. The van der Waals surface area contributed by atoms with Crippen molar-refractivity contribution >= 4 is 38.5 Å². The first kappa shape index (κ1) is 33.4. The van der Waals surface area contributed by atoms with Crippen molar-refractivity contribution in [3.05, 3.63) is 0 Å². The first-order valence-corrected chi connectivity index (χ1v) is 7.00. The van der Waals surface area contributed by atoms with Gasteiger partial charge >= 0.3 is 44.2 Å². The Balaban J connectivity index is -0.0000000666. The van der Waals surface area contributed by atoms with E-state index in [9.17, 15) is 9.59 Å². The number of carbonyl (C=O) groups is 3. The molecule has 9 N–H and O–H groups in total. The maximum absolute atomic E-state index is 9.72.